The molecule has 1 N–H and O–H groups in total. The summed E-state index contributed by atoms with van der Waals surface area (Å²) in [6, 6.07) is 4.72. The van der Waals surface area contributed by atoms with Gasteiger partial charge >= 0.3 is 6.18 Å². The SMILES string of the molecule is COC1(COc2ccc(C(F)(F)F)cc2)CCCNC1. The monoisotopic (exact) mass is 289 g/mol. The molecule has 20 heavy (non-hydrogen) atoms. The summed E-state index contributed by atoms with van der Waals surface area (Å²) in [6.07, 6.45) is -2.46. The smallest absolute Gasteiger partial charge is 0.416 e. The lowest BCUT2D eigenvalue weighted by Gasteiger charge is -2.36. The highest BCUT2D eigenvalue weighted by Crippen LogP contribution is 2.30. The molecule has 1 fully saturated rings. The number of benzene rings is 1. The van der Waals surface area contributed by atoms with Gasteiger partial charge in [-0.1, -0.05) is 0 Å². The standard InChI is InChI=1S/C14H18F3NO2/c1-19-13(7-2-8-18-9-13)10-20-12-5-3-11(4-6-12)14(15,16)17/h3-6,18H,2,7-10H2,1H3. The number of nitrogens with one attached hydrogen (secondary N) is 1. The molecule has 1 aliphatic heterocycles. The van der Waals surface area contributed by atoms with Crippen LogP contribution in [0, 0.1) is 0 Å². The van der Waals surface area contributed by atoms with E-state index in [0.717, 1.165) is 31.5 Å². The van der Waals surface area contributed by atoms with E-state index in [1.165, 1.54) is 12.1 Å². The normalized spacial score (nSPS) is 23.6. The van der Waals surface area contributed by atoms with Crippen LogP contribution < -0.4 is 10.1 Å². The van der Waals surface area contributed by atoms with E-state index in [1.807, 2.05) is 0 Å². The maximum atomic E-state index is 12.4. The molecule has 1 aromatic rings. The molecule has 0 saturated carbocycles. The van der Waals surface area contributed by atoms with Crippen LogP contribution in [0.4, 0.5) is 13.2 Å². The van der Waals surface area contributed by atoms with E-state index in [1.54, 1.807) is 7.11 Å². The summed E-state index contributed by atoms with van der Waals surface area (Å²) in [5, 5.41) is 3.24. The molecule has 1 aromatic carbocycles. The molecule has 1 saturated heterocycles. The lowest BCUT2D eigenvalue weighted by atomic mass is 9.95. The molecule has 1 unspecified atom stereocenters. The van der Waals surface area contributed by atoms with Crippen molar-refractivity contribution in [2.45, 2.75) is 24.6 Å². The summed E-state index contributed by atoms with van der Waals surface area (Å²) in [7, 11) is 1.63. The molecule has 1 heterocycles. The molecule has 0 aliphatic carbocycles. The highest BCUT2D eigenvalue weighted by atomic mass is 19.4. The van der Waals surface area contributed by atoms with Crippen LogP contribution in [0.3, 0.4) is 0 Å². The van der Waals surface area contributed by atoms with E-state index in [0.29, 0.717) is 18.9 Å². The van der Waals surface area contributed by atoms with Crippen molar-refractivity contribution >= 4 is 0 Å². The summed E-state index contributed by atoms with van der Waals surface area (Å²) in [4.78, 5) is 0. The Hall–Kier alpha value is -1.27. The molecule has 6 heteroatoms. The summed E-state index contributed by atoms with van der Waals surface area (Å²) < 4.78 is 48.4. The minimum absolute atomic E-state index is 0.321. The predicted octanol–water partition coefficient (Wildman–Crippen LogP) is 2.85. The van der Waals surface area contributed by atoms with Crippen molar-refractivity contribution in [1.29, 1.82) is 0 Å². The number of methoxy groups -OCH3 is 1. The largest absolute Gasteiger partial charge is 0.491 e. The van der Waals surface area contributed by atoms with Gasteiger partial charge in [0.1, 0.15) is 18.0 Å². The van der Waals surface area contributed by atoms with Gasteiger partial charge in [0, 0.05) is 13.7 Å². The highest BCUT2D eigenvalue weighted by molar-refractivity contribution is 5.28. The van der Waals surface area contributed by atoms with E-state index < -0.39 is 17.3 Å². The third kappa shape index (κ3) is 3.64. The Balaban J connectivity index is 1.96. The quantitative estimate of drug-likeness (QED) is 0.924. The Bertz CT molecular complexity index is 425. The summed E-state index contributed by atoms with van der Waals surface area (Å²) in [5.74, 6) is 0.417. The first kappa shape index (κ1) is 15.1. The Labute approximate surface area is 116 Å². The number of ether oxygens (including phenoxy) is 2. The summed E-state index contributed by atoms with van der Waals surface area (Å²) in [6.45, 7) is 1.96. The molecular weight excluding hydrogens is 271 g/mol. The molecule has 2 rings (SSSR count). The third-order valence-electron chi connectivity index (χ3n) is 3.55. The van der Waals surface area contributed by atoms with E-state index in [-0.39, 0.29) is 0 Å². The van der Waals surface area contributed by atoms with Gasteiger partial charge in [-0.25, -0.2) is 0 Å². The van der Waals surface area contributed by atoms with Gasteiger partial charge in [0.05, 0.1) is 5.56 Å². The first-order chi connectivity index (χ1) is 9.45. The molecular formula is C14H18F3NO2. The van der Waals surface area contributed by atoms with Crippen molar-refractivity contribution < 1.29 is 22.6 Å². The van der Waals surface area contributed by atoms with Crippen LogP contribution >= 0.6 is 0 Å². The molecule has 0 spiro atoms. The predicted molar refractivity (Wildman–Crippen MR) is 68.8 cm³/mol. The van der Waals surface area contributed by atoms with Gasteiger partial charge < -0.3 is 14.8 Å². The number of halogens is 3. The van der Waals surface area contributed by atoms with Crippen LogP contribution in [0.2, 0.25) is 0 Å². The second kappa shape index (κ2) is 6.01. The third-order valence-corrected chi connectivity index (χ3v) is 3.55. The zero-order valence-corrected chi connectivity index (χ0v) is 11.3. The van der Waals surface area contributed by atoms with E-state index in [2.05, 4.69) is 5.32 Å². The number of rotatable bonds is 4. The molecule has 0 amide bonds. The van der Waals surface area contributed by atoms with Crippen LogP contribution in [-0.4, -0.2) is 32.4 Å². The Morgan fingerprint density at radius 1 is 1.25 bits per heavy atom. The van der Waals surface area contributed by atoms with Crippen molar-refractivity contribution in [2.24, 2.45) is 0 Å². The lowest BCUT2D eigenvalue weighted by Crippen LogP contribution is -2.51. The first-order valence-electron chi connectivity index (χ1n) is 6.51. The van der Waals surface area contributed by atoms with Crippen molar-refractivity contribution in [1.82, 2.24) is 5.32 Å². The zero-order chi connectivity index (χ0) is 14.6. The topological polar surface area (TPSA) is 30.5 Å². The Kier molecular flexibility index (Phi) is 4.55. The van der Waals surface area contributed by atoms with Crippen molar-refractivity contribution in [3.05, 3.63) is 29.8 Å². The average Bonchev–Trinajstić information content (AvgIpc) is 2.46. The van der Waals surface area contributed by atoms with Gasteiger partial charge in [0.25, 0.3) is 0 Å². The number of alkyl halides is 3. The minimum atomic E-state index is -4.32. The molecule has 1 atom stereocenters. The number of hydrogen-bond donors (Lipinski definition) is 1. The van der Waals surface area contributed by atoms with E-state index >= 15 is 0 Å². The van der Waals surface area contributed by atoms with Gasteiger partial charge in [-0.2, -0.15) is 13.2 Å². The summed E-state index contributed by atoms with van der Waals surface area (Å²) >= 11 is 0. The Morgan fingerprint density at radius 2 is 1.95 bits per heavy atom. The lowest BCUT2D eigenvalue weighted by molar-refractivity contribution is -0.137. The molecule has 0 radical (unpaired) electrons. The van der Waals surface area contributed by atoms with Gasteiger partial charge in [0.2, 0.25) is 0 Å². The second-order valence-electron chi connectivity index (χ2n) is 4.98. The zero-order valence-electron chi connectivity index (χ0n) is 11.3. The number of hydrogen-bond acceptors (Lipinski definition) is 3. The van der Waals surface area contributed by atoms with Crippen LogP contribution in [0.1, 0.15) is 18.4 Å². The van der Waals surface area contributed by atoms with Crippen LogP contribution in [0.15, 0.2) is 24.3 Å². The van der Waals surface area contributed by atoms with Gasteiger partial charge in [0.15, 0.2) is 0 Å². The summed E-state index contributed by atoms with van der Waals surface area (Å²) in [5.41, 5.74) is -1.08. The van der Waals surface area contributed by atoms with Crippen LogP contribution in [-0.2, 0) is 10.9 Å². The molecule has 112 valence electrons. The fraction of sp³-hybridized carbons (Fsp3) is 0.571. The van der Waals surface area contributed by atoms with Gasteiger partial charge in [-0.05, 0) is 43.7 Å². The van der Waals surface area contributed by atoms with E-state index in [9.17, 15) is 13.2 Å². The van der Waals surface area contributed by atoms with Crippen molar-refractivity contribution in [3.63, 3.8) is 0 Å². The maximum absolute atomic E-state index is 12.4. The maximum Gasteiger partial charge on any atom is 0.416 e. The van der Waals surface area contributed by atoms with Crippen molar-refractivity contribution in [3.8, 4) is 5.75 Å². The van der Waals surface area contributed by atoms with Gasteiger partial charge in [-0.15, -0.1) is 0 Å². The Morgan fingerprint density at radius 3 is 2.45 bits per heavy atom. The van der Waals surface area contributed by atoms with Crippen LogP contribution in [0.25, 0.3) is 0 Å². The van der Waals surface area contributed by atoms with Crippen LogP contribution in [0.5, 0.6) is 5.75 Å². The second-order valence-corrected chi connectivity index (χ2v) is 4.98. The minimum Gasteiger partial charge on any atom is -0.491 e. The van der Waals surface area contributed by atoms with Crippen molar-refractivity contribution in [2.75, 3.05) is 26.8 Å². The number of piperidine rings is 1. The molecule has 1 aliphatic rings. The molecule has 0 aromatic heterocycles. The van der Waals surface area contributed by atoms with Gasteiger partial charge in [-0.3, -0.25) is 0 Å². The molecule has 3 nitrogen and oxygen atoms in total. The highest BCUT2D eigenvalue weighted by Gasteiger charge is 2.33. The fourth-order valence-corrected chi connectivity index (χ4v) is 2.25. The molecule has 0 bridgehead atoms. The average molecular weight is 289 g/mol. The fourth-order valence-electron chi connectivity index (χ4n) is 2.25. The van der Waals surface area contributed by atoms with E-state index in [4.69, 9.17) is 9.47 Å². The first-order valence-corrected chi connectivity index (χ1v) is 6.51.